The summed E-state index contributed by atoms with van der Waals surface area (Å²) >= 11 is 0.814. The van der Waals surface area contributed by atoms with Crippen molar-refractivity contribution in [3.05, 3.63) is 228 Å². The van der Waals surface area contributed by atoms with Crippen LogP contribution in [-0.4, -0.2) is 262 Å². The molecule has 8 aromatic rings. The Kier molecular flexibility index (Phi) is 39.8. The molecule has 19 N–H and O–H groups in total. The Labute approximate surface area is 787 Å². The van der Waals surface area contributed by atoms with Crippen molar-refractivity contribution in [1.29, 1.82) is 0 Å². The molecule has 36 nitrogen and oxygen atoms in total. The van der Waals surface area contributed by atoms with Gasteiger partial charge in [-0.3, -0.25) is 76.7 Å². The number of phenols is 2. The summed E-state index contributed by atoms with van der Waals surface area (Å²) in [6, 6.07) is 35.7. The van der Waals surface area contributed by atoms with Crippen molar-refractivity contribution in [2.24, 2.45) is 23.1 Å². The number of rotatable bonds is 26. The number of likely N-dealkylation sites (N-methyl/N-ethyl adjacent to an activating group) is 4. The molecule has 9 rings (SSSR count). The zero-order valence-electron chi connectivity index (χ0n) is 76.7. The SMILES string of the molecule is CCCC[C@H]1C(=O)N(C)CC(=O)N[C@@H](CC(N)=O)C(=O)N[C@@H](C(C)C)C(=O)N(C)[C@@H](Cc2ccccc2)C(=O)N[C@@H](Cc2ccc(O)cc2)C(=O)N(C)CC(=O)N[C@@H](Cc2c[nH]c3ccccc23)C(=O)N[C@@H](Cc2ccc(O)cc2)C(=O)N[C@@H](CCCN)C(=O)N[C@H](C(=O)NCC(N)=O)CSCC(=O)N[C@@H](Cc2ccccc2)C(=O)N[C@@H](CCc2ccc(-c3ccccc3)cc2)C(=O)N1C. The van der Waals surface area contributed by atoms with Gasteiger partial charge >= 0.3 is 0 Å². The Morgan fingerprint density at radius 2 is 0.904 bits per heavy atom. The summed E-state index contributed by atoms with van der Waals surface area (Å²) in [5.74, 6) is -16.6. The van der Waals surface area contributed by atoms with E-state index in [1.807, 2.05) is 61.5 Å². The first-order valence-electron chi connectivity index (χ1n) is 44.8. The van der Waals surface area contributed by atoms with E-state index >= 15 is 38.4 Å². The van der Waals surface area contributed by atoms with Gasteiger partial charge in [0.2, 0.25) is 94.5 Å². The third-order valence-corrected chi connectivity index (χ3v) is 24.2. The first-order valence-corrected chi connectivity index (χ1v) is 45.9. The van der Waals surface area contributed by atoms with Crippen molar-refractivity contribution in [2.45, 2.75) is 171 Å². The van der Waals surface area contributed by atoms with Gasteiger partial charge in [0.05, 0.1) is 31.8 Å². The van der Waals surface area contributed by atoms with Crippen molar-refractivity contribution in [1.82, 2.24) is 77.8 Å². The second-order valence-electron chi connectivity index (χ2n) is 33.9. The third kappa shape index (κ3) is 31.9. The number of para-hydroxylation sites is 1. The summed E-state index contributed by atoms with van der Waals surface area (Å²) in [5.41, 5.74) is 22.9. The van der Waals surface area contributed by atoms with E-state index in [1.54, 1.807) is 105 Å². The van der Waals surface area contributed by atoms with Crippen LogP contribution in [0.4, 0.5) is 0 Å². The lowest BCUT2D eigenvalue weighted by Crippen LogP contribution is -2.61. The predicted molar refractivity (Wildman–Crippen MR) is 508 cm³/mol. The van der Waals surface area contributed by atoms with E-state index in [0.717, 1.165) is 43.2 Å². The number of aromatic amines is 1. The number of nitrogens with zero attached hydrogens (tertiary/aromatic N) is 4. The number of nitrogens with one attached hydrogen (secondary N) is 11. The molecule has 0 unspecified atom stereocenters. The molecule has 11 atom stereocenters. The van der Waals surface area contributed by atoms with Crippen molar-refractivity contribution < 1.29 is 86.9 Å². The maximum atomic E-state index is 15.6. The van der Waals surface area contributed by atoms with Crippen molar-refractivity contribution >= 4 is 117 Å². The maximum Gasteiger partial charge on any atom is 0.245 e. The second-order valence-corrected chi connectivity index (χ2v) is 35.0. The number of aryl methyl sites for hydroxylation is 1. The lowest BCUT2D eigenvalue weighted by molar-refractivity contribution is -0.147. The zero-order valence-corrected chi connectivity index (χ0v) is 77.5. The third-order valence-electron chi connectivity index (χ3n) is 23.1. The molecular weight excluding hydrogens is 1750 g/mol. The lowest BCUT2D eigenvalue weighted by atomic mass is 9.98. The van der Waals surface area contributed by atoms with Gasteiger partial charge in [0.1, 0.15) is 78.0 Å². The van der Waals surface area contributed by atoms with Crippen LogP contribution < -0.4 is 70.4 Å². The van der Waals surface area contributed by atoms with E-state index in [4.69, 9.17) is 17.2 Å². The second kappa shape index (κ2) is 51.5. The van der Waals surface area contributed by atoms with Gasteiger partial charge in [-0.2, -0.15) is 0 Å². The van der Waals surface area contributed by atoms with Crippen LogP contribution in [0.15, 0.2) is 194 Å². The molecule has 16 amide bonds. The molecule has 718 valence electrons. The molecule has 1 aromatic heterocycles. The fourth-order valence-electron chi connectivity index (χ4n) is 15.6. The molecule has 1 aliphatic heterocycles. The van der Waals surface area contributed by atoms with E-state index in [2.05, 4.69) is 58.2 Å². The molecule has 0 radical (unpaired) electrons. The Morgan fingerprint density at radius 3 is 1.47 bits per heavy atom. The van der Waals surface area contributed by atoms with E-state index in [1.165, 1.54) is 81.6 Å². The number of phenolic OH excluding ortho intramolecular Hbond substituents is 2. The van der Waals surface area contributed by atoms with Crippen LogP contribution >= 0.6 is 11.8 Å². The molecular formula is C98H122N18O18S. The number of carbonyl (C=O) groups is 16. The van der Waals surface area contributed by atoms with Crippen molar-refractivity contribution in [2.75, 3.05) is 65.9 Å². The number of primary amides is 2. The van der Waals surface area contributed by atoms with Crippen molar-refractivity contribution in [3.8, 4) is 22.6 Å². The van der Waals surface area contributed by atoms with Gasteiger partial charge in [-0.05, 0) is 119 Å². The summed E-state index contributed by atoms with van der Waals surface area (Å²) in [6.45, 7) is 2.73. The fraction of sp³-hybridized carbons (Fsp3) is 0.388. The van der Waals surface area contributed by atoms with Crippen LogP contribution in [0, 0.1) is 5.92 Å². The highest BCUT2D eigenvalue weighted by Gasteiger charge is 2.41. The Bertz CT molecular complexity index is 5430. The smallest absolute Gasteiger partial charge is 0.245 e. The zero-order chi connectivity index (χ0) is 98.0. The lowest BCUT2D eigenvalue weighted by Gasteiger charge is -2.34. The van der Waals surface area contributed by atoms with E-state index < -0.39 is 204 Å². The number of H-pyrrole nitrogens is 1. The number of thioether (sulfide) groups is 1. The number of aromatic nitrogens is 1. The highest BCUT2D eigenvalue weighted by atomic mass is 32.2. The van der Waals surface area contributed by atoms with Gasteiger partial charge in [0.25, 0.3) is 0 Å². The first kappa shape index (κ1) is 104. The summed E-state index contributed by atoms with van der Waals surface area (Å²) in [6.07, 6.45) is 0.518. The summed E-state index contributed by atoms with van der Waals surface area (Å²) in [7, 11) is 5.22. The van der Waals surface area contributed by atoms with Crippen LogP contribution in [0.3, 0.4) is 0 Å². The minimum atomic E-state index is -1.79. The van der Waals surface area contributed by atoms with Gasteiger partial charge in [-0.15, -0.1) is 11.8 Å². The molecule has 0 spiro atoms. The quantitative estimate of drug-likeness (QED) is 0.0369. The average molecular weight is 1870 g/mol. The number of nitrogens with two attached hydrogens (primary N) is 3. The van der Waals surface area contributed by atoms with Crippen molar-refractivity contribution in [3.63, 3.8) is 0 Å². The van der Waals surface area contributed by atoms with Crippen LogP contribution in [0.1, 0.15) is 99.1 Å². The highest BCUT2D eigenvalue weighted by molar-refractivity contribution is 8.00. The highest BCUT2D eigenvalue weighted by Crippen LogP contribution is 2.25. The summed E-state index contributed by atoms with van der Waals surface area (Å²) in [4.78, 5) is 243. The monoisotopic (exact) mass is 1870 g/mol. The maximum absolute atomic E-state index is 15.6. The summed E-state index contributed by atoms with van der Waals surface area (Å²) < 4.78 is 0. The fourth-order valence-corrected chi connectivity index (χ4v) is 16.4. The number of hydrogen-bond acceptors (Lipinski definition) is 20. The van der Waals surface area contributed by atoms with Crippen LogP contribution in [-0.2, 0) is 115 Å². The molecule has 2 heterocycles. The number of benzene rings is 7. The standard InChI is InChI=1S/C98H122N18O18S/c1-8-9-31-80-97(133)114(5)56-85(122)105-77(52-82(100)119)93(129)112-87(59(2)3)98(134)116(7)81(50-62-24-15-11-16-25-62)94(130)110-78(49-64-36-43-69(118)44-37-64)95(131)113(4)55-84(121)104-76(51-67-53-102-71-29-20-19-28-70(67)71)92(128)109-75(48-63-34-41-68(117)42-35-63)91(127)107-72(30-21-46-99)89(125)111-79(88(124)103-54-83(101)120)57-135-58-86(123)106-74(47-61-22-13-10-14-23-61)90(126)108-73(96(132)115(80)6)45-38-60-32-39-66(40-33-60)65-26-17-12-18-27-65/h10-20,22-29,32-37,39-44,53,59,72-81,87,102,117-118H,8-9,21,30-31,38,45-52,54-58,99H2,1-7H3,(H2,100,119)(H2,101,120)(H,103,124)(H,104,121)(H,105,122)(H,106,123)(H,107,127)(H,108,126)(H,109,128)(H,110,130)(H,111,125)(H,112,129)/t72-,73-,74-,75-,76-,77-,78-,79-,80-,81-,87-/m0/s1. The molecule has 1 aliphatic rings. The topological polar surface area (TPSA) is 541 Å². The first-order chi connectivity index (χ1) is 64.6. The molecule has 1 fully saturated rings. The van der Waals surface area contributed by atoms with Gasteiger partial charge in [-0.1, -0.05) is 191 Å². The van der Waals surface area contributed by atoms with E-state index in [-0.39, 0.29) is 82.3 Å². The Balaban J connectivity index is 1.11. The minimum absolute atomic E-state index is 0.0208. The van der Waals surface area contributed by atoms with Gasteiger partial charge in [-0.25, -0.2) is 0 Å². The molecule has 7 aromatic carbocycles. The number of amides is 16. The predicted octanol–water partition coefficient (Wildman–Crippen LogP) is 2.13. The minimum Gasteiger partial charge on any atom is -0.508 e. The number of aromatic hydroxyl groups is 2. The van der Waals surface area contributed by atoms with E-state index in [0.29, 0.717) is 51.6 Å². The molecule has 135 heavy (non-hydrogen) atoms. The number of hydrogen-bond donors (Lipinski definition) is 16. The Hall–Kier alpha value is -14.5. The van der Waals surface area contributed by atoms with Crippen LogP contribution in [0.25, 0.3) is 22.0 Å². The molecule has 0 saturated carbocycles. The number of carbonyl (C=O) groups excluding carboxylic acids is 16. The Morgan fingerprint density at radius 1 is 0.437 bits per heavy atom. The van der Waals surface area contributed by atoms with Gasteiger partial charge in [0, 0.05) is 83.1 Å². The van der Waals surface area contributed by atoms with Gasteiger partial charge in [0.15, 0.2) is 0 Å². The molecule has 37 heteroatoms. The van der Waals surface area contributed by atoms with Crippen LogP contribution in [0.2, 0.25) is 0 Å². The molecule has 0 aliphatic carbocycles. The average Bonchev–Trinajstić information content (AvgIpc) is 0.988. The van der Waals surface area contributed by atoms with Gasteiger partial charge < -0.3 is 105 Å². The normalized spacial score (nSPS) is 21.3. The van der Waals surface area contributed by atoms with E-state index in [9.17, 15) is 48.6 Å². The summed E-state index contributed by atoms with van der Waals surface area (Å²) in [5, 5.41) is 48.3. The molecule has 1 saturated heterocycles. The number of fused-ring (bicyclic) bond motifs is 1. The molecule has 0 bridgehead atoms. The van der Waals surface area contributed by atoms with Crippen LogP contribution in [0.5, 0.6) is 11.5 Å². The number of unbranched alkanes of at least 4 members (excludes halogenated alkanes) is 1. The largest absolute Gasteiger partial charge is 0.508 e.